The van der Waals surface area contributed by atoms with Crippen LogP contribution in [0.5, 0.6) is 0 Å². The molecule has 4 aliphatic rings. The summed E-state index contributed by atoms with van der Waals surface area (Å²) in [5.41, 5.74) is 0.607. The summed E-state index contributed by atoms with van der Waals surface area (Å²) in [4.78, 5) is 4.23. The van der Waals surface area contributed by atoms with Crippen LogP contribution in [0.4, 0.5) is 0 Å². The summed E-state index contributed by atoms with van der Waals surface area (Å²) >= 11 is 0. The zero-order valence-electron chi connectivity index (χ0n) is 10.7. The standard InChI is InChI=1S/C15H22N2/c1-11(17-3-2-16-10-17)15-7-12-4-13(8-15)6-14(5-12)9-15/h2-3,10-14H,4-9H2,1H3. The van der Waals surface area contributed by atoms with Crippen molar-refractivity contribution in [3.8, 4) is 0 Å². The van der Waals surface area contributed by atoms with Gasteiger partial charge in [-0.3, -0.25) is 0 Å². The number of hydrogen-bond acceptors (Lipinski definition) is 1. The van der Waals surface area contributed by atoms with Gasteiger partial charge in [0.2, 0.25) is 0 Å². The summed E-state index contributed by atoms with van der Waals surface area (Å²) in [5.74, 6) is 3.15. The van der Waals surface area contributed by atoms with E-state index in [-0.39, 0.29) is 0 Å². The lowest BCUT2D eigenvalue weighted by Gasteiger charge is -2.59. The van der Waals surface area contributed by atoms with Gasteiger partial charge in [0, 0.05) is 18.4 Å². The third-order valence-corrected chi connectivity index (χ3v) is 5.94. The van der Waals surface area contributed by atoms with Gasteiger partial charge in [0.25, 0.3) is 0 Å². The fourth-order valence-electron chi connectivity index (χ4n) is 5.50. The van der Waals surface area contributed by atoms with Crippen LogP contribution in [-0.2, 0) is 0 Å². The Morgan fingerprint density at radius 2 is 1.71 bits per heavy atom. The van der Waals surface area contributed by atoms with Crippen LogP contribution in [0.15, 0.2) is 18.7 Å². The Labute approximate surface area is 103 Å². The van der Waals surface area contributed by atoms with E-state index in [0.717, 1.165) is 17.8 Å². The zero-order valence-corrected chi connectivity index (χ0v) is 10.7. The van der Waals surface area contributed by atoms with Crippen molar-refractivity contribution >= 4 is 0 Å². The molecule has 0 amide bonds. The molecule has 4 bridgehead atoms. The van der Waals surface area contributed by atoms with E-state index >= 15 is 0 Å². The van der Waals surface area contributed by atoms with Crippen molar-refractivity contribution in [1.82, 2.24) is 9.55 Å². The zero-order chi connectivity index (χ0) is 11.5. The van der Waals surface area contributed by atoms with Gasteiger partial charge >= 0.3 is 0 Å². The van der Waals surface area contributed by atoms with E-state index in [2.05, 4.69) is 22.7 Å². The molecule has 0 aliphatic heterocycles. The first-order valence-corrected chi connectivity index (χ1v) is 7.23. The average molecular weight is 230 g/mol. The molecule has 92 valence electrons. The molecular formula is C15H22N2. The van der Waals surface area contributed by atoms with Crippen LogP contribution in [0.1, 0.15) is 51.5 Å². The minimum absolute atomic E-state index is 0.607. The molecule has 1 aromatic rings. The molecule has 4 aliphatic carbocycles. The summed E-state index contributed by atoms with van der Waals surface area (Å²) in [7, 11) is 0. The van der Waals surface area contributed by atoms with Crippen molar-refractivity contribution in [2.24, 2.45) is 23.2 Å². The SMILES string of the molecule is CC(n1ccnc1)C12CC3CC(CC(C3)C1)C2. The van der Waals surface area contributed by atoms with Crippen molar-refractivity contribution < 1.29 is 0 Å². The van der Waals surface area contributed by atoms with Crippen LogP contribution in [-0.4, -0.2) is 9.55 Å². The molecule has 2 nitrogen and oxygen atoms in total. The molecule has 0 spiro atoms. The molecule has 1 atom stereocenters. The minimum atomic E-state index is 0.607. The van der Waals surface area contributed by atoms with Crippen LogP contribution >= 0.6 is 0 Å². The normalized spacial score (nSPS) is 45.1. The first-order valence-electron chi connectivity index (χ1n) is 7.23. The molecule has 4 saturated carbocycles. The largest absolute Gasteiger partial charge is 0.334 e. The molecule has 17 heavy (non-hydrogen) atoms. The second kappa shape index (κ2) is 3.37. The predicted octanol–water partition coefficient (Wildman–Crippen LogP) is 3.66. The molecule has 1 heterocycles. The summed E-state index contributed by atoms with van der Waals surface area (Å²) in [6.45, 7) is 2.43. The topological polar surface area (TPSA) is 17.8 Å². The molecule has 5 rings (SSSR count). The second-order valence-corrected chi connectivity index (χ2v) is 6.97. The maximum atomic E-state index is 4.23. The van der Waals surface area contributed by atoms with E-state index in [9.17, 15) is 0 Å². The van der Waals surface area contributed by atoms with Gasteiger partial charge in [0.1, 0.15) is 0 Å². The first-order chi connectivity index (χ1) is 8.25. The Bertz CT molecular complexity index is 371. The summed E-state index contributed by atoms with van der Waals surface area (Å²) < 4.78 is 2.35. The molecule has 0 saturated heterocycles. The Morgan fingerprint density at radius 3 is 2.18 bits per heavy atom. The van der Waals surface area contributed by atoms with E-state index in [0.29, 0.717) is 11.5 Å². The van der Waals surface area contributed by atoms with Gasteiger partial charge in [-0.05, 0) is 68.6 Å². The Balaban J connectivity index is 1.68. The average Bonchev–Trinajstić information content (AvgIpc) is 2.79. The molecule has 0 aromatic carbocycles. The molecule has 0 radical (unpaired) electrons. The van der Waals surface area contributed by atoms with Crippen LogP contribution in [0.2, 0.25) is 0 Å². The smallest absolute Gasteiger partial charge is 0.0948 e. The monoisotopic (exact) mass is 230 g/mol. The van der Waals surface area contributed by atoms with E-state index < -0.39 is 0 Å². The molecule has 1 aromatic heterocycles. The van der Waals surface area contributed by atoms with Gasteiger partial charge in [-0.15, -0.1) is 0 Å². The van der Waals surface area contributed by atoms with Crippen molar-refractivity contribution in [2.75, 3.05) is 0 Å². The maximum Gasteiger partial charge on any atom is 0.0948 e. The van der Waals surface area contributed by atoms with Gasteiger partial charge in [0.05, 0.1) is 6.33 Å². The van der Waals surface area contributed by atoms with E-state index in [1.165, 1.54) is 38.5 Å². The van der Waals surface area contributed by atoms with Crippen molar-refractivity contribution in [1.29, 1.82) is 0 Å². The van der Waals surface area contributed by atoms with Gasteiger partial charge in [0.15, 0.2) is 0 Å². The van der Waals surface area contributed by atoms with E-state index in [1.54, 1.807) is 0 Å². The van der Waals surface area contributed by atoms with Gasteiger partial charge in [-0.1, -0.05) is 0 Å². The number of nitrogens with zero attached hydrogens (tertiary/aromatic N) is 2. The van der Waals surface area contributed by atoms with Gasteiger partial charge in [-0.2, -0.15) is 0 Å². The Kier molecular flexibility index (Phi) is 2.01. The number of hydrogen-bond donors (Lipinski definition) is 0. The third-order valence-electron chi connectivity index (χ3n) is 5.94. The van der Waals surface area contributed by atoms with E-state index in [4.69, 9.17) is 0 Å². The van der Waals surface area contributed by atoms with Crippen molar-refractivity contribution in [2.45, 2.75) is 51.5 Å². The minimum Gasteiger partial charge on any atom is -0.334 e. The predicted molar refractivity (Wildman–Crippen MR) is 67.5 cm³/mol. The molecule has 4 fully saturated rings. The maximum absolute atomic E-state index is 4.23. The van der Waals surface area contributed by atoms with Crippen LogP contribution in [0.3, 0.4) is 0 Å². The first kappa shape index (κ1) is 10.2. The third kappa shape index (κ3) is 1.42. The van der Waals surface area contributed by atoms with E-state index in [1.807, 2.05) is 12.5 Å². The Hall–Kier alpha value is -0.790. The number of aromatic nitrogens is 2. The quantitative estimate of drug-likeness (QED) is 0.758. The molecule has 1 unspecified atom stereocenters. The van der Waals surface area contributed by atoms with Crippen LogP contribution in [0.25, 0.3) is 0 Å². The Morgan fingerprint density at radius 1 is 1.12 bits per heavy atom. The van der Waals surface area contributed by atoms with Crippen molar-refractivity contribution in [3.05, 3.63) is 18.7 Å². The highest BCUT2D eigenvalue weighted by Crippen LogP contribution is 2.63. The molecular weight excluding hydrogens is 208 g/mol. The lowest BCUT2D eigenvalue weighted by Crippen LogP contribution is -2.49. The fraction of sp³-hybridized carbons (Fsp3) is 0.800. The van der Waals surface area contributed by atoms with Crippen molar-refractivity contribution in [3.63, 3.8) is 0 Å². The highest BCUT2D eigenvalue weighted by Gasteiger charge is 2.53. The van der Waals surface area contributed by atoms with Crippen LogP contribution in [0, 0.1) is 23.2 Å². The summed E-state index contributed by atoms with van der Waals surface area (Å²) in [6.07, 6.45) is 15.2. The molecule has 0 N–H and O–H groups in total. The lowest BCUT2D eigenvalue weighted by molar-refractivity contribution is -0.0788. The highest BCUT2D eigenvalue weighted by molar-refractivity contribution is 5.05. The number of imidazole rings is 1. The highest BCUT2D eigenvalue weighted by atomic mass is 15.1. The summed E-state index contributed by atoms with van der Waals surface area (Å²) in [5, 5.41) is 0. The number of rotatable bonds is 2. The molecule has 2 heteroatoms. The van der Waals surface area contributed by atoms with Gasteiger partial charge < -0.3 is 4.57 Å². The lowest BCUT2D eigenvalue weighted by atomic mass is 9.48. The van der Waals surface area contributed by atoms with Gasteiger partial charge in [-0.25, -0.2) is 4.98 Å². The fourth-order valence-corrected chi connectivity index (χ4v) is 5.50. The van der Waals surface area contributed by atoms with Crippen LogP contribution < -0.4 is 0 Å². The second-order valence-electron chi connectivity index (χ2n) is 6.97. The summed E-state index contributed by atoms with van der Waals surface area (Å²) in [6, 6.07) is 0.651.